The number of nitrogens with zero attached hydrogens (tertiary/aromatic N) is 2. The summed E-state index contributed by atoms with van der Waals surface area (Å²) in [4.78, 5) is 15.0. The number of aromatic nitrogens is 1. The first-order valence-corrected chi connectivity index (χ1v) is 8.24. The highest BCUT2D eigenvalue weighted by Gasteiger charge is 2.24. The van der Waals surface area contributed by atoms with E-state index in [0.717, 1.165) is 38.4 Å². The normalized spacial score (nSPS) is 16.8. The number of nitrogens with one attached hydrogen (secondary N) is 1. The van der Waals surface area contributed by atoms with Gasteiger partial charge in [-0.1, -0.05) is 35.5 Å². The van der Waals surface area contributed by atoms with E-state index in [1.54, 1.807) is 13.8 Å². The molecule has 1 fully saturated rings. The minimum Gasteiger partial charge on any atom is -0.379 e. The molecule has 1 aliphatic rings. The molecule has 3 rings (SSSR count). The van der Waals surface area contributed by atoms with E-state index in [2.05, 4.69) is 15.4 Å². The van der Waals surface area contributed by atoms with Crippen LogP contribution in [0.5, 0.6) is 0 Å². The van der Waals surface area contributed by atoms with E-state index in [1.807, 2.05) is 30.3 Å². The van der Waals surface area contributed by atoms with E-state index in [9.17, 15) is 4.79 Å². The molecule has 2 heterocycles. The third-order valence-electron chi connectivity index (χ3n) is 4.31. The number of ether oxygens (including phenoxy) is 1. The summed E-state index contributed by atoms with van der Waals surface area (Å²) in [6, 6.07) is 9.95. The maximum atomic E-state index is 12.7. The smallest absolute Gasteiger partial charge is 0.257 e. The van der Waals surface area contributed by atoms with Gasteiger partial charge in [0.2, 0.25) is 0 Å². The van der Waals surface area contributed by atoms with Crippen LogP contribution in [0.3, 0.4) is 0 Å². The van der Waals surface area contributed by atoms with Gasteiger partial charge in [-0.15, -0.1) is 0 Å². The molecule has 1 N–H and O–H groups in total. The SMILES string of the molecule is Cc1noc(C)c1C(=O)N[C@@H](CN1CCOCC1)c1ccccc1. The lowest BCUT2D eigenvalue weighted by molar-refractivity contribution is 0.0332. The Morgan fingerprint density at radius 2 is 1.96 bits per heavy atom. The summed E-state index contributed by atoms with van der Waals surface area (Å²) in [6.07, 6.45) is 0. The van der Waals surface area contributed by atoms with Crippen LogP contribution in [-0.4, -0.2) is 48.8 Å². The second-order valence-electron chi connectivity index (χ2n) is 6.05. The average Bonchev–Trinajstić information content (AvgIpc) is 2.94. The van der Waals surface area contributed by atoms with Crippen LogP contribution in [0.4, 0.5) is 0 Å². The molecule has 1 amide bonds. The number of carbonyl (C=O) groups is 1. The molecule has 1 aliphatic heterocycles. The fraction of sp³-hybridized carbons (Fsp3) is 0.444. The molecular formula is C18H23N3O3. The molecular weight excluding hydrogens is 306 g/mol. The van der Waals surface area contributed by atoms with Crippen LogP contribution in [0, 0.1) is 13.8 Å². The number of morpholine rings is 1. The third-order valence-corrected chi connectivity index (χ3v) is 4.31. The highest BCUT2D eigenvalue weighted by Crippen LogP contribution is 2.18. The zero-order valence-corrected chi connectivity index (χ0v) is 14.1. The molecule has 2 aromatic rings. The van der Waals surface area contributed by atoms with E-state index in [4.69, 9.17) is 9.26 Å². The minimum absolute atomic E-state index is 0.0921. The standard InChI is InChI=1S/C18H23N3O3/c1-13-17(14(2)24-20-13)18(22)19-16(15-6-4-3-5-7-15)12-21-8-10-23-11-9-21/h3-7,16H,8-12H2,1-2H3,(H,19,22)/t16-/m0/s1. The van der Waals surface area contributed by atoms with Gasteiger partial charge in [-0.3, -0.25) is 9.69 Å². The van der Waals surface area contributed by atoms with Crippen molar-refractivity contribution in [3.8, 4) is 0 Å². The molecule has 1 aromatic carbocycles. The van der Waals surface area contributed by atoms with E-state index in [-0.39, 0.29) is 11.9 Å². The maximum absolute atomic E-state index is 12.7. The molecule has 6 nitrogen and oxygen atoms in total. The lowest BCUT2D eigenvalue weighted by Gasteiger charge is -2.31. The van der Waals surface area contributed by atoms with Crippen molar-refractivity contribution in [1.29, 1.82) is 0 Å². The first kappa shape index (κ1) is 16.7. The highest BCUT2D eigenvalue weighted by molar-refractivity contribution is 5.96. The lowest BCUT2D eigenvalue weighted by Crippen LogP contribution is -2.43. The molecule has 24 heavy (non-hydrogen) atoms. The summed E-state index contributed by atoms with van der Waals surface area (Å²) in [5.41, 5.74) is 2.23. The van der Waals surface area contributed by atoms with Crippen molar-refractivity contribution in [3.63, 3.8) is 0 Å². The Bertz CT molecular complexity index is 659. The van der Waals surface area contributed by atoms with Crippen LogP contribution in [0.25, 0.3) is 0 Å². The van der Waals surface area contributed by atoms with Gasteiger partial charge in [-0.05, 0) is 19.4 Å². The van der Waals surface area contributed by atoms with Gasteiger partial charge < -0.3 is 14.6 Å². The number of rotatable bonds is 5. The van der Waals surface area contributed by atoms with Gasteiger partial charge in [-0.25, -0.2) is 0 Å². The molecule has 1 aromatic heterocycles. The quantitative estimate of drug-likeness (QED) is 0.910. The predicted octanol–water partition coefficient (Wildman–Crippen LogP) is 2.09. The molecule has 0 unspecified atom stereocenters. The number of hydrogen-bond donors (Lipinski definition) is 1. The Balaban J connectivity index is 1.78. The Morgan fingerprint density at radius 3 is 2.58 bits per heavy atom. The van der Waals surface area contributed by atoms with Crippen molar-refractivity contribution >= 4 is 5.91 Å². The van der Waals surface area contributed by atoms with E-state index in [0.29, 0.717) is 17.0 Å². The Hall–Kier alpha value is -2.18. The van der Waals surface area contributed by atoms with Crippen LogP contribution >= 0.6 is 0 Å². The summed E-state index contributed by atoms with van der Waals surface area (Å²) in [6.45, 7) is 7.52. The summed E-state index contributed by atoms with van der Waals surface area (Å²) < 4.78 is 10.5. The largest absolute Gasteiger partial charge is 0.379 e. The van der Waals surface area contributed by atoms with Gasteiger partial charge in [0.25, 0.3) is 5.91 Å². The van der Waals surface area contributed by atoms with E-state index < -0.39 is 0 Å². The number of aryl methyl sites for hydroxylation is 2. The highest BCUT2D eigenvalue weighted by atomic mass is 16.5. The van der Waals surface area contributed by atoms with Crippen molar-refractivity contribution in [2.45, 2.75) is 19.9 Å². The fourth-order valence-electron chi connectivity index (χ4n) is 3.00. The summed E-state index contributed by atoms with van der Waals surface area (Å²) in [7, 11) is 0. The molecule has 0 aliphatic carbocycles. The van der Waals surface area contributed by atoms with Crippen LogP contribution in [0.15, 0.2) is 34.9 Å². The third kappa shape index (κ3) is 3.83. The molecule has 0 saturated carbocycles. The predicted molar refractivity (Wildman–Crippen MR) is 89.9 cm³/mol. The van der Waals surface area contributed by atoms with E-state index in [1.165, 1.54) is 0 Å². The number of hydrogen-bond acceptors (Lipinski definition) is 5. The zero-order chi connectivity index (χ0) is 16.9. The molecule has 0 bridgehead atoms. The number of amides is 1. The zero-order valence-electron chi connectivity index (χ0n) is 14.1. The van der Waals surface area contributed by atoms with Gasteiger partial charge in [0.15, 0.2) is 0 Å². The topological polar surface area (TPSA) is 67.6 Å². The van der Waals surface area contributed by atoms with Gasteiger partial charge in [-0.2, -0.15) is 0 Å². The van der Waals surface area contributed by atoms with Crippen LogP contribution in [-0.2, 0) is 4.74 Å². The first-order valence-electron chi connectivity index (χ1n) is 8.24. The summed E-state index contributed by atoms with van der Waals surface area (Å²) >= 11 is 0. The molecule has 128 valence electrons. The minimum atomic E-state index is -0.145. The van der Waals surface area contributed by atoms with Crippen molar-refractivity contribution < 1.29 is 14.1 Å². The fourth-order valence-corrected chi connectivity index (χ4v) is 3.00. The van der Waals surface area contributed by atoms with Crippen molar-refractivity contribution in [2.75, 3.05) is 32.8 Å². The molecule has 1 saturated heterocycles. The molecule has 0 spiro atoms. The molecule has 0 radical (unpaired) electrons. The van der Waals surface area contributed by atoms with Crippen LogP contribution < -0.4 is 5.32 Å². The summed E-state index contributed by atoms with van der Waals surface area (Å²) in [5.74, 6) is 0.400. The average molecular weight is 329 g/mol. The van der Waals surface area contributed by atoms with Gasteiger partial charge >= 0.3 is 0 Å². The van der Waals surface area contributed by atoms with E-state index >= 15 is 0 Å². The Morgan fingerprint density at radius 1 is 1.25 bits per heavy atom. The second-order valence-corrected chi connectivity index (χ2v) is 6.05. The van der Waals surface area contributed by atoms with Gasteiger partial charge in [0, 0.05) is 19.6 Å². The van der Waals surface area contributed by atoms with Crippen LogP contribution in [0.2, 0.25) is 0 Å². The molecule has 6 heteroatoms. The Labute approximate surface area is 141 Å². The summed E-state index contributed by atoms with van der Waals surface area (Å²) in [5, 5.41) is 7.01. The lowest BCUT2D eigenvalue weighted by atomic mass is 10.0. The first-order chi connectivity index (χ1) is 11.6. The van der Waals surface area contributed by atoms with Crippen molar-refractivity contribution in [1.82, 2.24) is 15.4 Å². The van der Waals surface area contributed by atoms with Crippen molar-refractivity contribution in [2.24, 2.45) is 0 Å². The van der Waals surface area contributed by atoms with Gasteiger partial charge in [0.1, 0.15) is 11.3 Å². The van der Waals surface area contributed by atoms with Crippen molar-refractivity contribution in [3.05, 3.63) is 52.9 Å². The number of carbonyl (C=O) groups excluding carboxylic acids is 1. The van der Waals surface area contributed by atoms with Gasteiger partial charge in [0.05, 0.1) is 24.9 Å². The Kier molecular flexibility index (Phi) is 5.27. The maximum Gasteiger partial charge on any atom is 0.257 e. The molecule has 1 atom stereocenters. The van der Waals surface area contributed by atoms with Crippen LogP contribution in [0.1, 0.15) is 33.4 Å². The monoisotopic (exact) mass is 329 g/mol. The second kappa shape index (κ2) is 7.59. The number of benzene rings is 1.